The highest BCUT2D eigenvalue weighted by Gasteiger charge is 2.36. The van der Waals surface area contributed by atoms with Gasteiger partial charge in [0.25, 0.3) is 0 Å². The van der Waals surface area contributed by atoms with Gasteiger partial charge in [-0.3, -0.25) is 4.79 Å². The van der Waals surface area contributed by atoms with Crippen molar-refractivity contribution in [2.24, 2.45) is 0 Å². The molecule has 1 aromatic heterocycles. The van der Waals surface area contributed by atoms with Crippen molar-refractivity contribution in [3.8, 4) is 0 Å². The van der Waals surface area contributed by atoms with E-state index in [4.69, 9.17) is 9.26 Å². The second-order valence-electron chi connectivity index (χ2n) is 5.34. The molecule has 0 aliphatic carbocycles. The lowest BCUT2D eigenvalue weighted by Gasteiger charge is -2.44. The Labute approximate surface area is 106 Å². The number of carbonyl (C=O) groups excluding carboxylic acids is 1. The zero-order valence-corrected chi connectivity index (χ0v) is 11.3. The number of ether oxygens (including phenoxy) is 1. The van der Waals surface area contributed by atoms with E-state index in [1.807, 2.05) is 25.7 Å². The summed E-state index contributed by atoms with van der Waals surface area (Å²) in [5.74, 6) is 0.927. The number of aryl methyl sites for hydroxylation is 1. The molecule has 2 rings (SSSR count). The summed E-state index contributed by atoms with van der Waals surface area (Å²) in [5.41, 5.74) is -0.289. The summed E-state index contributed by atoms with van der Waals surface area (Å²) >= 11 is 0. The molecule has 0 aromatic carbocycles. The third-order valence-corrected chi connectivity index (χ3v) is 3.07. The van der Waals surface area contributed by atoms with Crippen LogP contribution < -0.4 is 0 Å². The van der Waals surface area contributed by atoms with Gasteiger partial charge in [0.05, 0.1) is 24.7 Å². The number of amides is 1. The minimum absolute atomic E-state index is 0.0101. The van der Waals surface area contributed by atoms with Gasteiger partial charge in [0.15, 0.2) is 5.82 Å². The fraction of sp³-hybridized carbons (Fsp3) is 0.750. The number of aromatic nitrogens is 2. The lowest BCUT2D eigenvalue weighted by molar-refractivity contribution is -0.152. The maximum absolute atomic E-state index is 12.3. The summed E-state index contributed by atoms with van der Waals surface area (Å²) in [7, 11) is 0. The van der Waals surface area contributed by atoms with Crippen LogP contribution in [0.1, 0.15) is 32.5 Å². The van der Waals surface area contributed by atoms with Crippen LogP contribution in [-0.4, -0.2) is 45.7 Å². The van der Waals surface area contributed by atoms with Gasteiger partial charge >= 0.3 is 0 Å². The van der Waals surface area contributed by atoms with Crippen molar-refractivity contribution in [1.29, 1.82) is 0 Å². The van der Waals surface area contributed by atoms with Gasteiger partial charge in [-0.2, -0.15) is 4.98 Å². The molecule has 1 aliphatic heterocycles. The molecule has 2 heterocycles. The van der Waals surface area contributed by atoms with Crippen LogP contribution in [0.2, 0.25) is 0 Å². The molecule has 1 fully saturated rings. The monoisotopic (exact) mass is 253 g/mol. The Bertz CT molecular complexity index is 442. The first-order chi connectivity index (χ1) is 8.38. The fourth-order valence-corrected chi connectivity index (χ4v) is 2.06. The average Bonchev–Trinajstić information content (AvgIpc) is 2.67. The van der Waals surface area contributed by atoms with E-state index in [1.165, 1.54) is 0 Å². The molecular formula is C12H19N3O3. The molecule has 0 spiro atoms. The quantitative estimate of drug-likeness (QED) is 0.784. The van der Waals surface area contributed by atoms with Crippen LogP contribution in [0, 0.1) is 6.92 Å². The highest BCUT2D eigenvalue weighted by Crippen LogP contribution is 2.22. The second kappa shape index (κ2) is 4.68. The smallest absolute Gasteiger partial charge is 0.230 e. The summed E-state index contributed by atoms with van der Waals surface area (Å²) in [6, 6.07) is 0. The molecule has 0 saturated carbocycles. The number of carbonyl (C=O) groups is 1. The van der Waals surface area contributed by atoms with Gasteiger partial charge in [0, 0.05) is 13.5 Å². The summed E-state index contributed by atoms with van der Waals surface area (Å²) in [6.07, 6.45) is 0.238. The Morgan fingerprint density at radius 3 is 2.89 bits per heavy atom. The van der Waals surface area contributed by atoms with E-state index in [0.29, 0.717) is 24.9 Å². The molecule has 1 aliphatic rings. The number of nitrogens with zero attached hydrogens (tertiary/aromatic N) is 3. The number of hydrogen-bond donors (Lipinski definition) is 0. The van der Waals surface area contributed by atoms with E-state index in [1.54, 1.807) is 6.92 Å². The van der Waals surface area contributed by atoms with Gasteiger partial charge in [0.1, 0.15) is 0 Å². The van der Waals surface area contributed by atoms with Crippen molar-refractivity contribution in [3.05, 3.63) is 11.7 Å². The zero-order chi connectivity index (χ0) is 13.3. The average molecular weight is 253 g/mol. The minimum Gasteiger partial charge on any atom is -0.374 e. The molecule has 1 unspecified atom stereocenters. The van der Waals surface area contributed by atoms with Crippen molar-refractivity contribution in [2.45, 2.75) is 45.8 Å². The molecule has 100 valence electrons. The molecule has 6 nitrogen and oxygen atoms in total. The van der Waals surface area contributed by atoms with Gasteiger partial charge in [0.2, 0.25) is 11.8 Å². The minimum atomic E-state index is -0.289. The van der Waals surface area contributed by atoms with Crippen molar-refractivity contribution in [1.82, 2.24) is 15.0 Å². The predicted molar refractivity (Wildman–Crippen MR) is 63.9 cm³/mol. The first-order valence-electron chi connectivity index (χ1n) is 6.10. The molecule has 18 heavy (non-hydrogen) atoms. The number of morpholine rings is 1. The van der Waals surface area contributed by atoms with E-state index in [0.717, 1.165) is 0 Å². The first kappa shape index (κ1) is 13.0. The molecule has 0 bridgehead atoms. The van der Waals surface area contributed by atoms with Crippen LogP contribution in [0.5, 0.6) is 0 Å². The Hall–Kier alpha value is -1.43. The molecule has 6 heteroatoms. The third-order valence-electron chi connectivity index (χ3n) is 3.07. The van der Waals surface area contributed by atoms with Gasteiger partial charge in [-0.05, 0) is 20.8 Å². The molecule has 0 N–H and O–H groups in total. The first-order valence-corrected chi connectivity index (χ1v) is 6.10. The van der Waals surface area contributed by atoms with E-state index in [2.05, 4.69) is 10.1 Å². The Morgan fingerprint density at radius 2 is 2.28 bits per heavy atom. The largest absolute Gasteiger partial charge is 0.374 e. The molecule has 1 aromatic rings. The van der Waals surface area contributed by atoms with Crippen LogP contribution in [0.25, 0.3) is 0 Å². The van der Waals surface area contributed by atoms with E-state index in [-0.39, 0.29) is 24.0 Å². The van der Waals surface area contributed by atoms with Crippen molar-refractivity contribution in [2.75, 3.05) is 13.2 Å². The van der Waals surface area contributed by atoms with Crippen molar-refractivity contribution >= 4 is 5.91 Å². The van der Waals surface area contributed by atoms with Gasteiger partial charge in [-0.1, -0.05) is 5.16 Å². The lowest BCUT2D eigenvalue weighted by atomic mass is 10.0. The highest BCUT2D eigenvalue weighted by molar-refractivity contribution is 5.78. The lowest BCUT2D eigenvalue weighted by Crippen LogP contribution is -2.58. The summed E-state index contributed by atoms with van der Waals surface area (Å²) in [4.78, 5) is 18.2. The maximum atomic E-state index is 12.3. The molecule has 1 saturated heterocycles. The van der Waals surface area contributed by atoms with Crippen LogP contribution in [0.15, 0.2) is 4.52 Å². The van der Waals surface area contributed by atoms with E-state index in [9.17, 15) is 4.79 Å². The van der Waals surface area contributed by atoms with Crippen molar-refractivity contribution < 1.29 is 14.1 Å². The van der Waals surface area contributed by atoms with Crippen molar-refractivity contribution in [3.63, 3.8) is 0 Å². The molecular weight excluding hydrogens is 234 g/mol. The Balaban J connectivity index is 2.07. The standard InChI is InChI=1S/C12H19N3O3/c1-8-6-15(12(3,4)7-17-8)11(16)5-10-13-9(2)18-14-10/h8H,5-7H2,1-4H3. The number of hydrogen-bond acceptors (Lipinski definition) is 5. The van der Waals surface area contributed by atoms with E-state index >= 15 is 0 Å². The topological polar surface area (TPSA) is 68.5 Å². The molecule has 1 atom stereocenters. The summed E-state index contributed by atoms with van der Waals surface area (Å²) in [6.45, 7) is 8.82. The maximum Gasteiger partial charge on any atom is 0.230 e. The molecule has 1 amide bonds. The normalized spacial score (nSPS) is 23.1. The van der Waals surface area contributed by atoms with Gasteiger partial charge in [-0.25, -0.2) is 0 Å². The third kappa shape index (κ3) is 2.69. The zero-order valence-electron chi connectivity index (χ0n) is 11.3. The highest BCUT2D eigenvalue weighted by atomic mass is 16.5. The van der Waals surface area contributed by atoms with Crippen LogP contribution in [0.3, 0.4) is 0 Å². The second-order valence-corrected chi connectivity index (χ2v) is 5.34. The van der Waals surface area contributed by atoms with Crippen LogP contribution in [-0.2, 0) is 16.0 Å². The summed E-state index contributed by atoms with van der Waals surface area (Å²) in [5, 5.41) is 3.75. The Morgan fingerprint density at radius 1 is 1.56 bits per heavy atom. The Kier molecular flexibility index (Phi) is 3.38. The van der Waals surface area contributed by atoms with Gasteiger partial charge < -0.3 is 14.2 Å². The van der Waals surface area contributed by atoms with Crippen LogP contribution >= 0.6 is 0 Å². The van der Waals surface area contributed by atoms with Gasteiger partial charge in [-0.15, -0.1) is 0 Å². The van der Waals surface area contributed by atoms with E-state index < -0.39 is 0 Å². The molecule has 0 radical (unpaired) electrons. The fourth-order valence-electron chi connectivity index (χ4n) is 2.06. The number of rotatable bonds is 2. The predicted octanol–water partition coefficient (Wildman–Crippen LogP) is 0.946. The summed E-state index contributed by atoms with van der Waals surface area (Å²) < 4.78 is 10.5. The SMILES string of the molecule is Cc1nc(CC(=O)N2CC(C)OCC2(C)C)no1. The van der Waals surface area contributed by atoms with Crippen LogP contribution in [0.4, 0.5) is 0 Å².